The van der Waals surface area contributed by atoms with Crippen molar-refractivity contribution in [1.29, 1.82) is 0 Å². The highest BCUT2D eigenvalue weighted by atomic mass is 32.8. The van der Waals surface area contributed by atoms with Crippen molar-refractivity contribution in [2.24, 2.45) is 0 Å². The summed E-state index contributed by atoms with van der Waals surface area (Å²) in [7, 11) is -3.30. The van der Waals surface area contributed by atoms with Crippen LogP contribution in [-0.4, -0.2) is 25.7 Å². The molecule has 2 unspecified atom stereocenters. The zero-order chi connectivity index (χ0) is 7.49. The highest BCUT2D eigenvalue weighted by molar-refractivity contribution is 8.29. The van der Waals surface area contributed by atoms with Gasteiger partial charge in [-0.25, -0.2) is 0 Å². The van der Waals surface area contributed by atoms with E-state index in [0.717, 1.165) is 0 Å². The molecular weight excluding hydrogens is 160 g/mol. The van der Waals surface area contributed by atoms with Gasteiger partial charge >= 0.3 is 0 Å². The lowest BCUT2D eigenvalue weighted by atomic mass is 10.3. The summed E-state index contributed by atoms with van der Waals surface area (Å²) in [6.07, 6.45) is -0.353. The van der Waals surface area contributed by atoms with E-state index in [2.05, 4.69) is 11.2 Å². The predicted molar refractivity (Wildman–Crippen MR) is 37.4 cm³/mol. The summed E-state index contributed by atoms with van der Waals surface area (Å²) >= 11 is 4.06. The quantitative estimate of drug-likeness (QED) is 0.626. The third-order valence-corrected chi connectivity index (χ3v) is 2.02. The Hall–Kier alpha value is 0.290. The summed E-state index contributed by atoms with van der Waals surface area (Å²) < 4.78 is 20.5. The Balaban J connectivity index is 3.53. The molecule has 0 saturated heterocycles. The molecule has 0 radical (unpaired) electrons. The molecule has 0 saturated carbocycles. The van der Waals surface area contributed by atoms with Gasteiger partial charge in [0.15, 0.2) is 0 Å². The fourth-order valence-electron chi connectivity index (χ4n) is 0.315. The highest BCUT2D eigenvalue weighted by Gasteiger charge is 1.96. The van der Waals surface area contributed by atoms with E-state index >= 15 is 0 Å². The molecule has 0 aliphatic carbocycles. The van der Waals surface area contributed by atoms with Gasteiger partial charge in [-0.3, -0.25) is 4.21 Å². The molecule has 0 aliphatic heterocycles. The first-order valence-electron chi connectivity index (χ1n) is 2.53. The third-order valence-electron chi connectivity index (χ3n) is 0.786. The first-order valence-corrected chi connectivity index (χ1v) is 5.11. The predicted octanol–water partition coefficient (Wildman–Crippen LogP) is -0.366. The summed E-state index contributed by atoms with van der Waals surface area (Å²) in [5.41, 5.74) is 0. The summed E-state index contributed by atoms with van der Waals surface area (Å²) in [5.74, 6) is -0.111. The second kappa shape index (κ2) is 3.46. The lowest BCUT2D eigenvalue weighted by molar-refractivity contribution is 0.191. The van der Waals surface area contributed by atoms with Gasteiger partial charge in [-0.15, -0.1) is 0 Å². The normalized spacial score (nSPS) is 20.8. The van der Waals surface area contributed by atoms with Crippen molar-refractivity contribution in [1.82, 2.24) is 0 Å². The summed E-state index contributed by atoms with van der Waals surface area (Å²) in [6.45, 7) is 1.53. The van der Waals surface area contributed by atoms with Gasteiger partial charge in [0, 0.05) is 5.75 Å². The van der Waals surface area contributed by atoms with E-state index in [1.165, 1.54) is 6.92 Å². The van der Waals surface area contributed by atoms with E-state index in [1.807, 2.05) is 0 Å². The van der Waals surface area contributed by atoms with E-state index < -0.39 is 14.9 Å². The monoisotopic (exact) mass is 169 g/mol. The zero-order valence-electron chi connectivity index (χ0n) is 5.07. The summed E-state index contributed by atoms with van der Waals surface area (Å²) in [4.78, 5) is 0. The molecule has 5 heteroatoms. The van der Waals surface area contributed by atoms with Gasteiger partial charge in [0.25, 0.3) is 0 Å². The van der Waals surface area contributed by atoms with Gasteiger partial charge in [-0.2, -0.15) is 0 Å². The summed E-state index contributed by atoms with van der Waals surface area (Å²) in [6, 6.07) is 0. The van der Waals surface area contributed by atoms with Crippen LogP contribution in [0, 0.1) is 0 Å². The van der Waals surface area contributed by atoms with E-state index in [1.54, 1.807) is 0 Å². The molecule has 1 N–H and O–H groups in total. The van der Waals surface area contributed by atoms with E-state index in [9.17, 15) is 8.76 Å². The van der Waals surface area contributed by atoms with Crippen LogP contribution in [0.4, 0.5) is 0 Å². The molecule has 0 heterocycles. The van der Waals surface area contributed by atoms with E-state index in [0.29, 0.717) is 0 Å². The second-order valence-corrected chi connectivity index (χ2v) is 4.95. The smallest absolute Gasteiger partial charge is 0.0520 e. The Morgan fingerprint density at radius 1 is 1.89 bits per heavy atom. The minimum atomic E-state index is -3.30. The zero-order valence-corrected chi connectivity index (χ0v) is 6.70. The van der Waals surface area contributed by atoms with Gasteiger partial charge in [-0.1, -0.05) is 0 Å². The standard InChI is InChI=1S/C4H10O3S2/c1-4(5)2-3-9(6,7)8/h4-5H,2-3H2,1H3,(H,6,7,8)/p-1. The summed E-state index contributed by atoms with van der Waals surface area (Å²) in [5, 5.41) is 8.60. The molecule has 0 aromatic heterocycles. The maximum absolute atomic E-state index is 10.2. The molecule has 0 amide bonds. The van der Waals surface area contributed by atoms with Crippen molar-refractivity contribution in [3.05, 3.63) is 0 Å². The van der Waals surface area contributed by atoms with E-state index in [-0.39, 0.29) is 12.2 Å². The Morgan fingerprint density at radius 2 is 2.33 bits per heavy atom. The number of hydrogen-bond acceptors (Lipinski definition) is 4. The lowest BCUT2D eigenvalue weighted by Crippen LogP contribution is -2.09. The van der Waals surface area contributed by atoms with Crippen molar-refractivity contribution >= 4 is 20.0 Å². The largest absolute Gasteiger partial charge is 0.769 e. The van der Waals surface area contributed by atoms with Crippen molar-refractivity contribution in [2.75, 3.05) is 5.75 Å². The topological polar surface area (TPSA) is 60.4 Å². The van der Waals surface area contributed by atoms with Gasteiger partial charge in [0.2, 0.25) is 0 Å². The molecule has 0 rings (SSSR count). The number of aliphatic hydroxyl groups excluding tert-OH is 1. The minimum absolute atomic E-state index is 0.111. The SMILES string of the molecule is CC(O)CCS(=O)([O-])=S. The lowest BCUT2D eigenvalue weighted by Gasteiger charge is -2.10. The molecule has 2 atom stereocenters. The average Bonchev–Trinajstić information content (AvgIpc) is 1.59. The van der Waals surface area contributed by atoms with Crippen LogP contribution in [0.1, 0.15) is 13.3 Å². The van der Waals surface area contributed by atoms with Crippen LogP contribution in [0.25, 0.3) is 0 Å². The van der Waals surface area contributed by atoms with Crippen molar-refractivity contribution in [2.45, 2.75) is 19.4 Å². The highest BCUT2D eigenvalue weighted by Crippen LogP contribution is 1.93. The first kappa shape index (κ1) is 9.29. The molecule has 56 valence electrons. The molecule has 0 bridgehead atoms. The van der Waals surface area contributed by atoms with Crippen LogP contribution in [0.2, 0.25) is 0 Å². The number of rotatable bonds is 3. The fourth-order valence-corrected chi connectivity index (χ4v) is 1.23. The maximum atomic E-state index is 10.2. The van der Waals surface area contributed by atoms with Gasteiger partial charge < -0.3 is 9.66 Å². The molecule has 3 nitrogen and oxygen atoms in total. The van der Waals surface area contributed by atoms with Crippen LogP contribution in [0.3, 0.4) is 0 Å². The van der Waals surface area contributed by atoms with Crippen molar-refractivity contribution in [3.8, 4) is 0 Å². The Kier molecular flexibility index (Phi) is 3.57. The fraction of sp³-hybridized carbons (Fsp3) is 1.00. The van der Waals surface area contributed by atoms with Gasteiger partial charge in [-0.05, 0) is 33.3 Å². The van der Waals surface area contributed by atoms with Crippen LogP contribution in [-0.2, 0) is 20.0 Å². The Morgan fingerprint density at radius 3 is 2.44 bits per heavy atom. The first-order chi connectivity index (χ1) is 3.92. The maximum Gasteiger partial charge on any atom is 0.0520 e. The number of hydrogen-bond donors (Lipinski definition) is 1. The van der Waals surface area contributed by atoms with Crippen molar-refractivity contribution in [3.63, 3.8) is 0 Å². The van der Waals surface area contributed by atoms with Crippen LogP contribution >= 0.6 is 0 Å². The Labute approximate surface area is 59.6 Å². The number of aliphatic hydroxyl groups is 1. The molecule has 0 fully saturated rings. The molecule has 0 aromatic carbocycles. The van der Waals surface area contributed by atoms with Crippen LogP contribution in [0.5, 0.6) is 0 Å². The van der Waals surface area contributed by atoms with Crippen LogP contribution < -0.4 is 0 Å². The van der Waals surface area contributed by atoms with Crippen molar-refractivity contribution < 1.29 is 13.9 Å². The van der Waals surface area contributed by atoms with E-state index in [4.69, 9.17) is 5.11 Å². The molecule has 0 aliphatic rings. The Bertz CT molecular complexity index is 159. The minimum Gasteiger partial charge on any atom is -0.769 e. The van der Waals surface area contributed by atoms with Gasteiger partial charge in [0.1, 0.15) is 0 Å². The average molecular weight is 169 g/mol. The molecule has 9 heavy (non-hydrogen) atoms. The molecule has 0 spiro atoms. The van der Waals surface area contributed by atoms with Gasteiger partial charge in [0.05, 0.1) is 6.10 Å². The molecule has 0 aromatic rings. The molecular formula is C4H9O3S2-. The van der Waals surface area contributed by atoms with Crippen LogP contribution in [0.15, 0.2) is 0 Å². The third kappa shape index (κ3) is 8.29. The second-order valence-electron chi connectivity index (χ2n) is 1.90.